The molecule has 0 N–H and O–H groups in total. The minimum atomic E-state index is 0.564. The number of hydrogen-bond donors (Lipinski definition) is 0. The molecule has 0 unspecified atom stereocenters. The van der Waals surface area contributed by atoms with Gasteiger partial charge in [0.15, 0.2) is 11.6 Å². The lowest BCUT2D eigenvalue weighted by Gasteiger charge is -2.13. The first-order chi connectivity index (χ1) is 27.7. The monoisotopic (exact) mass is 716 g/mol. The van der Waals surface area contributed by atoms with Crippen LogP contribution in [0.15, 0.2) is 199 Å². The number of aromatic nitrogens is 4. The summed E-state index contributed by atoms with van der Waals surface area (Å²) in [6.07, 6.45) is 0. The van der Waals surface area contributed by atoms with E-state index >= 15 is 0 Å². The van der Waals surface area contributed by atoms with Crippen molar-refractivity contribution in [3.05, 3.63) is 194 Å². The van der Waals surface area contributed by atoms with Crippen molar-refractivity contribution in [2.75, 3.05) is 0 Å². The van der Waals surface area contributed by atoms with Gasteiger partial charge >= 0.3 is 0 Å². The van der Waals surface area contributed by atoms with Gasteiger partial charge in [-0.3, -0.25) is 4.57 Å². The Kier molecular flexibility index (Phi) is 7.42. The van der Waals surface area contributed by atoms with E-state index in [9.17, 15) is 0 Å². The first-order valence-electron chi connectivity index (χ1n) is 18.8. The van der Waals surface area contributed by atoms with Crippen molar-refractivity contribution in [3.8, 4) is 62.1 Å². The number of furan rings is 1. The second-order valence-corrected chi connectivity index (χ2v) is 14.0. The van der Waals surface area contributed by atoms with Crippen molar-refractivity contribution in [2.24, 2.45) is 0 Å². The molecule has 56 heavy (non-hydrogen) atoms. The van der Waals surface area contributed by atoms with Gasteiger partial charge in [-0.2, -0.15) is 9.97 Å². The number of nitrogens with zero attached hydrogens (tertiary/aromatic N) is 4. The molecule has 0 atom stereocenters. The summed E-state index contributed by atoms with van der Waals surface area (Å²) in [5, 5.41) is 4.46. The molecule has 11 aromatic rings. The molecule has 0 saturated heterocycles. The van der Waals surface area contributed by atoms with E-state index in [-0.39, 0.29) is 0 Å². The molecule has 8 aromatic carbocycles. The SMILES string of the molecule is c1ccc(-c2ccc(-c3nc(-c4cccc(-c5cc(-c6ccccc6)cc6oc7ccccc7c56)c4)nc(-n4c5ccccc5c5ccccc54)n3)cc2)cc1. The highest BCUT2D eigenvalue weighted by Gasteiger charge is 2.20. The number of rotatable bonds is 6. The third kappa shape index (κ3) is 5.37. The molecule has 5 nitrogen and oxygen atoms in total. The largest absolute Gasteiger partial charge is 0.456 e. The van der Waals surface area contributed by atoms with Gasteiger partial charge in [-0.05, 0) is 69.8 Å². The van der Waals surface area contributed by atoms with Gasteiger partial charge in [0.05, 0.1) is 11.0 Å². The highest BCUT2D eigenvalue weighted by Crippen LogP contribution is 2.41. The predicted octanol–water partition coefficient (Wildman–Crippen LogP) is 13.2. The fourth-order valence-corrected chi connectivity index (χ4v) is 8.01. The number of hydrogen-bond acceptors (Lipinski definition) is 4. The fourth-order valence-electron chi connectivity index (χ4n) is 8.01. The quantitative estimate of drug-likeness (QED) is 0.172. The molecule has 3 heterocycles. The van der Waals surface area contributed by atoms with Crippen LogP contribution in [0.4, 0.5) is 0 Å². The summed E-state index contributed by atoms with van der Waals surface area (Å²) < 4.78 is 8.64. The van der Waals surface area contributed by atoms with Crippen LogP contribution in [-0.4, -0.2) is 19.5 Å². The fraction of sp³-hybridized carbons (Fsp3) is 0. The van der Waals surface area contributed by atoms with Crippen LogP contribution in [0.3, 0.4) is 0 Å². The predicted molar refractivity (Wildman–Crippen MR) is 229 cm³/mol. The van der Waals surface area contributed by atoms with E-state index in [4.69, 9.17) is 19.4 Å². The summed E-state index contributed by atoms with van der Waals surface area (Å²) in [6.45, 7) is 0. The Balaban J connectivity index is 1.12. The molecule has 0 aliphatic heterocycles. The van der Waals surface area contributed by atoms with E-state index < -0.39 is 0 Å². The zero-order chi connectivity index (χ0) is 37.0. The van der Waals surface area contributed by atoms with Crippen molar-refractivity contribution >= 4 is 43.7 Å². The smallest absolute Gasteiger partial charge is 0.238 e. The summed E-state index contributed by atoms with van der Waals surface area (Å²) in [5.41, 5.74) is 12.2. The van der Waals surface area contributed by atoms with Crippen LogP contribution in [-0.2, 0) is 0 Å². The summed E-state index contributed by atoms with van der Waals surface area (Å²) in [7, 11) is 0. The third-order valence-corrected chi connectivity index (χ3v) is 10.7. The molecule has 0 saturated carbocycles. The molecule has 3 aromatic heterocycles. The topological polar surface area (TPSA) is 56.7 Å². The van der Waals surface area contributed by atoms with Gasteiger partial charge in [0.25, 0.3) is 0 Å². The average Bonchev–Trinajstić information content (AvgIpc) is 3.83. The van der Waals surface area contributed by atoms with Crippen molar-refractivity contribution in [1.82, 2.24) is 19.5 Å². The molecule has 0 amide bonds. The molecular weight excluding hydrogens is 685 g/mol. The maximum atomic E-state index is 6.48. The molecule has 0 aliphatic carbocycles. The number of fused-ring (bicyclic) bond motifs is 6. The summed E-state index contributed by atoms with van der Waals surface area (Å²) in [4.78, 5) is 15.7. The highest BCUT2D eigenvalue weighted by atomic mass is 16.3. The van der Waals surface area contributed by atoms with E-state index in [1.807, 2.05) is 24.3 Å². The lowest BCUT2D eigenvalue weighted by atomic mass is 9.93. The van der Waals surface area contributed by atoms with Gasteiger partial charge in [0.2, 0.25) is 5.95 Å². The minimum Gasteiger partial charge on any atom is -0.456 e. The lowest BCUT2D eigenvalue weighted by molar-refractivity contribution is 0.669. The Morgan fingerprint density at radius 3 is 1.55 bits per heavy atom. The third-order valence-electron chi connectivity index (χ3n) is 10.7. The molecule has 0 bridgehead atoms. The Hall–Kier alpha value is -7.63. The number of benzene rings is 8. The Morgan fingerprint density at radius 1 is 0.339 bits per heavy atom. The molecule has 0 radical (unpaired) electrons. The van der Waals surface area contributed by atoms with Gasteiger partial charge in [-0.1, -0.05) is 158 Å². The Labute approximate surface area is 322 Å². The van der Waals surface area contributed by atoms with E-state index in [0.717, 1.165) is 88.3 Å². The minimum absolute atomic E-state index is 0.564. The first-order valence-corrected chi connectivity index (χ1v) is 18.8. The zero-order valence-electron chi connectivity index (χ0n) is 30.2. The van der Waals surface area contributed by atoms with Crippen LogP contribution < -0.4 is 0 Å². The highest BCUT2D eigenvalue weighted by molar-refractivity contribution is 6.14. The van der Waals surface area contributed by atoms with Crippen LogP contribution in [0.1, 0.15) is 0 Å². The van der Waals surface area contributed by atoms with Crippen molar-refractivity contribution in [2.45, 2.75) is 0 Å². The second-order valence-electron chi connectivity index (χ2n) is 14.0. The van der Waals surface area contributed by atoms with Crippen molar-refractivity contribution in [3.63, 3.8) is 0 Å². The number of para-hydroxylation sites is 3. The summed E-state index contributed by atoms with van der Waals surface area (Å²) >= 11 is 0. The van der Waals surface area contributed by atoms with Crippen LogP contribution in [0.25, 0.3) is 106 Å². The first kappa shape index (κ1) is 31.9. The molecule has 11 rings (SSSR count). The molecule has 0 aliphatic rings. The van der Waals surface area contributed by atoms with Gasteiger partial charge in [0.1, 0.15) is 11.2 Å². The molecular formula is C51H32N4O. The van der Waals surface area contributed by atoms with Crippen LogP contribution in [0.5, 0.6) is 0 Å². The van der Waals surface area contributed by atoms with Crippen LogP contribution in [0.2, 0.25) is 0 Å². The lowest BCUT2D eigenvalue weighted by Crippen LogP contribution is -2.06. The van der Waals surface area contributed by atoms with Gasteiger partial charge in [0, 0.05) is 32.7 Å². The summed E-state index contributed by atoms with van der Waals surface area (Å²) in [5.74, 6) is 1.76. The normalized spacial score (nSPS) is 11.6. The van der Waals surface area contributed by atoms with Gasteiger partial charge in [-0.15, -0.1) is 0 Å². The van der Waals surface area contributed by atoms with Gasteiger partial charge in [-0.25, -0.2) is 4.98 Å². The molecule has 262 valence electrons. The molecule has 0 spiro atoms. The standard InChI is InChI=1S/C51H32N4O/c1-3-14-33(15-4-1)35-26-28-36(29-27-35)49-52-50(54-51(53-49)55-44-23-10-7-20-40(44)41-21-8-11-24-45(41)55)38-19-13-18-37(30-38)43-31-39(34-16-5-2-6-17-34)32-47-48(43)42-22-9-12-25-46(42)56-47/h1-32H. The zero-order valence-corrected chi connectivity index (χ0v) is 30.2. The van der Waals surface area contributed by atoms with E-state index in [2.05, 4.69) is 174 Å². The van der Waals surface area contributed by atoms with E-state index in [1.54, 1.807) is 0 Å². The second kappa shape index (κ2) is 13.0. The van der Waals surface area contributed by atoms with Crippen LogP contribution >= 0.6 is 0 Å². The Bertz CT molecular complexity index is 3180. The van der Waals surface area contributed by atoms with Crippen LogP contribution in [0, 0.1) is 0 Å². The van der Waals surface area contributed by atoms with Crippen molar-refractivity contribution in [1.29, 1.82) is 0 Å². The maximum Gasteiger partial charge on any atom is 0.238 e. The molecule has 0 fully saturated rings. The Morgan fingerprint density at radius 2 is 0.857 bits per heavy atom. The molecule has 5 heteroatoms. The van der Waals surface area contributed by atoms with Crippen molar-refractivity contribution < 1.29 is 4.42 Å². The van der Waals surface area contributed by atoms with E-state index in [0.29, 0.717) is 17.6 Å². The maximum absolute atomic E-state index is 6.48. The van der Waals surface area contributed by atoms with E-state index in [1.165, 1.54) is 0 Å². The average molecular weight is 717 g/mol. The summed E-state index contributed by atoms with van der Waals surface area (Å²) in [6, 6.07) is 67.4. The van der Waals surface area contributed by atoms with Gasteiger partial charge < -0.3 is 4.42 Å².